The lowest BCUT2D eigenvalue weighted by atomic mass is 9.79. The van der Waals surface area contributed by atoms with Crippen LogP contribution in [0, 0.1) is 23.3 Å². The number of hydrogen-bond donors (Lipinski definition) is 0. The number of carbonyl (C=O) groups is 1. The van der Waals surface area contributed by atoms with Crippen molar-refractivity contribution in [3.63, 3.8) is 0 Å². The van der Waals surface area contributed by atoms with Crippen LogP contribution in [0.5, 0.6) is 11.5 Å². The number of benzene rings is 3. The fraction of sp³-hybridized carbons (Fsp3) is 0.368. The van der Waals surface area contributed by atoms with E-state index in [0.717, 1.165) is 71.9 Å². The van der Waals surface area contributed by atoms with Crippen LogP contribution >= 0.6 is 0 Å². The molecule has 0 radical (unpaired) electrons. The van der Waals surface area contributed by atoms with Gasteiger partial charge in [-0.3, -0.25) is 0 Å². The molecule has 5 heterocycles. The summed E-state index contributed by atoms with van der Waals surface area (Å²) in [5.41, 5.74) is 3.77. The van der Waals surface area contributed by atoms with Gasteiger partial charge in [0, 0.05) is 65.4 Å². The molecule has 0 amide bonds. The lowest BCUT2D eigenvalue weighted by Gasteiger charge is -2.47. The van der Waals surface area contributed by atoms with Crippen LogP contribution in [-0.4, -0.2) is 37.2 Å². The summed E-state index contributed by atoms with van der Waals surface area (Å²) in [6.45, 7) is 12.2. The molecule has 8 rings (SSSR count). The Morgan fingerprint density at radius 3 is 2.40 bits per heavy atom. The number of rotatable bonds is 2. The topological polar surface area (TPSA) is 41.8 Å². The van der Waals surface area contributed by atoms with Crippen molar-refractivity contribution in [1.82, 2.24) is 4.58 Å². The van der Waals surface area contributed by atoms with Gasteiger partial charge in [-0.05, 0) is 69.9 Å². The van der Waals surface area contributed by atoms with E-state index in [4.69, 9.17) is 9.47 Å². The molecule has 0 N–H and O–H groups in total. The summed E-state index contributed by atoms with van der Waals surface area (Å²) in [6.07, 6.45) is 9.25. The number of allylic oxidation sites excluding steroid dienone is 1. The number of esters is 1. The van der Waals surface area contributed by atoms with E-state index in [0.29, 0.717) is 35.1 Å². The quantitative estimate of drug-likeness (QED) is 0.0815. The second-order valence-electron chi connectivity index (χ2n) is 14.3. The van der Waals surface area contributed by atoms with Gasteiger partial charge in [0.25, 0.3) is 0 Å². The van der Waals surface area contributed by atoms with Crippen molar-refractivity contribution in [2.75, 3.05) is 25.1 Å². The lowest BCUT2D eigenvalue weighted by molar-refractivity contribution is 0.0592. The van der Waals surface area contributed by atoms with E-state index in [1.807, 2.05) is 25.1 Å². The van der Waals surface area contributed by atoms with Crippen molar-refractivity contribution in [3.05, 3.63) is 97.1 Å². The van der Waals surface area contributed by atoms with Gasteiger partial charge in [0.1, 0.15) is 23.6 Å². The highest BCUT2D eigenvalue weighted by molar-refractivity contribution is 6.01. The first-order valence-electron chi connectivity index (χ1n) is 16.1. The van der Waals surface area contributed by atoms with Gasteiger partial charge in [0.15, 0.2) is 28.8 Å². The van der Waals surface area contributed by atoms with Crippen molar-refractivity contribution in [2.45, 2.75) is 71.4 Å². The summed E-state index contributed by atoms with van der Waals surface area (Å²) in [4.78, 5) is 15.5. The number of carbonyl (C=O) groups excluding carboxylic acids is 1. The molecule has 0 atom stereocenters. The molecule has 5 aliphatic heterocycles. The number of ether oxygens (including phenoxy) is 2. The summed E-state index contributed by atoms with van der Waals surface area (Å²) in [7, 11) is 0.994. The number of halogens is 4. The van der Waals surface area contributed by atoms with Gasteiger partial charge in [-0.1, -0.05) is 6.08 Å². The molecule has 242 valence electrons. The summed E-state index contributed by atoms with van der Waals surface area (Å²) in [6, 6.07) is 3.70. The van der Waals surface area contributed by atoms with Crippen LogP contribution in [0.3, 0.4) is 0 Å². The maximum atomic E-state index is 16.3. The summed E-state index contributed by atoms with van der Waals surface area (Å²) < 4.78 is 76.3. The molecule has 5 aliphatic rings. The molecule has 0 aromatic heterocycles. The minimum atomic E-state index is -2.07. The normalized spacial score (nSPS) is 19.3. The van der Waals surface area contributed by atoms with E-state index in [-0.39, 0.29) is 16.7 Å². The molecule has 0 saturated carbocycles. The number of anilines is 1. The molecule has 0 saturated heterocycles. The van der Waals surface area contributed by atoms with E-state index < -0.39 is 40.4 Å². The zero-order chi connectivity index (χ0) is 33.3. The van der Waals surface area contributed by atoms with Gasteiger partial charge >= 0.3 is 5.97 Å². The van der Waals surface area contributed by atoms with Crippen molar-refractivity contribution in [1.29, 1.82) is 0 Å². The highest BCUT2D eigenvalue weighted by Crippen LogP contribution is 2.52. The standard InChI is InChI=1S/C38H35F4N2O3/c1-18-17-38(4,5)44-14-8-10-21-33(44)22(18)16-24-25(26-27(36(45)46-6)29(40)31(42)30(41)28(26)39)23-15-19-11-12-37(2,3)43-13-7-9-20(32(19)43)34(23)47-35(21)24/h11-12,15-17H,7-10,13-14H2,1-6H3/q+1. The van der Waals surface area contributed by atoms with Gasteiger partial charge < -0.3 is 14.4 Å². The van der Waals surface area contributed by atoms with Crippen LogP contribution < -0.4 is 24.8 Å². The van der Waals surface area contributed by atoms with Gasteiger partial charge in [-0.15, -0.1) is 0 Å². The SMILES string of the molecule is COC(=O)c1c(F)c(F)c(F)c(F)c1C1=c2cc3c4c(c2Oc2c1cc1c5c2CCCN5C(C)(C)C=C1C)CCC[N+]=4C(C)(C)C=C3. The fourth-order valence-electron chi connectivity index (χ4n) is 8.52. The van der Waals surface area contributed by atoms with Crippen LogP contribution in [0.4, 0.5) is 23.2 Å². The molecule has 0 unspecified atom stereocenters. The van der Waals surface area contributed by atoms with Crippen LogP contribution in [0.25, 0.3) is 17.2 Å². The Bertz CT molecular complexity index is 2200. The Morgan fingerprint density at radius 1 is 0.936 bits per heavy atom. The predicted octanol–water partition coefficient (Wildman–Crippen LogP) is 6.57. The molecule has 0 bridgehead atoms. The largest absolute Gasteiger partial charge is 0.465 e. The third-order valence-electron chi connectivity index (χ3n) is 10.6. The van der Waals surface area contributed by atoms with Gasteiger partial charge in [-0.2, -0.15) is 0 Å². The second kappa shape index (κ2) is 9.81. The number of hydrogen-bond acceptors (Lipinski definition) is 4. The minimum Gasteiger partial charge on any atom is -0.465 e. The smallest absolute Gasteiger partial charge is 0.341 e. The van der Waals surface area contributed by atoms with E-state index in [9.17, 15) is 9.18 Å². The van der Waals surface area contributed by atoms with Gasteiger partial charge in [-0.25, -0.2) is 26.9 Å². The Balaban J connectivity index is 1.61. The van der Waals surface area contributed by atoms with Gasteiger partial charge in [0.05, 0.1) is 23.9 Å². The zero-order valence-electron chi connectivity index (χ0n) is 27.3. The molecule has 3 aromatic rings. The van der Waals surface area contributed by atoms with Crippen molar-refractivity contribution in [3.8, 4) is 11.5 Å². The summed E-state index contributed by atoms with van der Waals surface area (Å²) in [5.74, 6) is -7.93. The first-order chi connectivity index (χ1) is 22.3. The van der Waals surface area contributed by atoms with Crippen LogP contribution in [0.2, 0.25) is 0 Å². The van der Waals surface area contributed by atoms with E-state index in [1.165, 1.54) is 0 Å². The highest BCUT2D eigenvalue weighted by Gasteiger charge is 2.43. The van der Waals surface area contributed by atoms with E-state index >= 15 is 13.2 Å². The monoisotopic (exact) mass is 643 g/mol. The van der Waals surface area contributed by atoms with Crippen LogP contribution in [0.15, 0.2) is 24.3 Å². The number of fused-ring (bicyclic) bond motifs is 4. The Labute approximate surface area is 270 Å². The molecular formula is C38H35F4N2O3+. The van der Waals surface area contributed by atoms with Gasteiger partial charge in [0.2, 0.25) is 5.36 Å². The third-order valence-corrected chi connectivity index (χ3v) is 10.6. The first-order valence-corrected chi connectivity index (χ1v) is 16.1. The number of nitrogens with zero attached hydrogens (tertiary/aromatic N) is 2. The van der Waals surface area contributed by atoms with Crippen LogP contribution in [-0.2, 0) is 17.6 Å². The summed E-state index contributed by atoms with van der Waals surface area (Å²) >= 11 is 0. The number of methoxy groups -OCH3 is 1. The Kier molecular flexibility index (Phi) is 6.26. The van der Waals surface area contributed by atoms with Crippen molar-refractivity contribution in [2.24, 2.45) is 0 Å². The zero-order valence-corrected chi connectivity index (χ0v) is 27.3. The molecule has 0 spiro atoms. The van der Waals surface area contributed by atoms with Crippen LogP contribution in [0.1, 0.15) is 91.2 Å². The Morgan fingerprint density at radius 2 is 1.66 bits per heavy atom. The molecule has 0 aliphatic carbocycles. The highest BCUT2D eigenvalue weighted by atomic mass is 19.2. The fourth-order valence-corrected chi connectivity index (χ4v) is 8.52. The minimum absolute atomic E-state index is 0.0696. The Hall–Kier alpha value is -4.40. The lowest BCUT2D eigenvalue weighted by Crippen LogP contribution is -2.52. The molecular weight excluding hydrogens is 608 g/mol. The molecule has 9 heteroatoms. The maximum Gasteiger partial charge on any atom is 0.341 e. The van der Waals surface area contributed by atoms with E-state index in [2.05, 4.69) is 49.3 Å². The molecule has 0 fully saturated rings. The average Bonchev–Trinajstić information content (AvgIpc) is 3.04. The molecule has 3 aromatic carbocycles. The van der Waals surface area contributed by atoms with E-state index in [1.54, 1.807) is 0 Å². The second-order valence-corrected chi connectivity index (χ2v) is 14.3. The summed E-state index contributed by atoms with van der Waals surface area (Å²) in [5, 5.41) is 1.38. The third kappa shape index (κ3) is 3.94. The van der Waals surface area contributed by atoms with Crippen molar-refractivity contribution < 1.29 is 31.8 Å². The molecule has 47 heavy (non-hydrogen) atoms. The van der Waals surface area contributed by atoms with Crippen molar-refractivity contribution >= 4 is 28.9 Å². The maximum absolute atomic E-state index is 16.3. The predicted molar refractivity (Wildman–Crippen MR) is 172 cm³/mol. The first kappa shape index (κ1) is 30.0. The average molecular weight is 644 g/mol. The molecule has 5 nitrogen and oxygen atoms in total.